The largest absolute Gasteiger partial charge is 0.381 e. The van der Waals surface area contributed by atoms with Gasteiger partial charge in [-0.1, -0.05) is 13.8 Å². The number of hydrogen-bond acceptors (Lipinski definition) is 4. The predicted molar refractivity (Wildman–Crippen MR) is 71.6 cm³/mol. The van der Waals surface area contributed by atoms with Crippen molar-refractivity contribution in [2.75, 3.05) is 26.3 Å². The minimum Gasteiger partial charge on any atom is -0.381 e. The second-order valence-electron chi connectivity index (χ2n) is 5.94. The number of carbonyl (C=O) groups is 2. The Morgan fingerprint density at radius 1 is 1.37 bits per heavy atom. The fraction of sp³-hybridized carbons (Fsp3) is 0.857. The van der Waals surface area contributed by atoms with Crippen LogP contribution >= 0.6 is 0 Å². The molecule has 1 unspecified atom stereocenters. The second-order valence-corrected chi connectivity index (χ2v) is 5.94. The zero-order valence-electron chi connectivity index (χ0n) is 11.9. The number of nitrogens with zero attached hydrogens (tertiary/aromatic N) is 1. The van der Waals surface area contributed by atoms with Crippen molar-refractivity contribution in [2.24, 2.45) is 5.41 Å². The van der Waals surface area contributed by atoms with Crippen LogP contribution in [0.15, 0.2) is 0 Å². The molecule has 0 bridgehead atoms. The number of likely N-dealkylation sites (tertiary alicyclic amines) is 1. The normalized spacial score (nSPS) is 27.1. The first-order valence-electron chi connectivity index (χ1n) is 7.21. The molecule has 0 aromatic heterocycles. The molecule has 2 amide bonds. The Kier molecular flexibility index (Phi) is 4.58. The molecule has 5 nitrogen and oxygen atoms in total. The van der Waals surface area contributed by atoms with E-state index in [1.807, 2.05) is 6.92 Å². The van der Waals surface area contributed by atoms with Crippen molar-refractivity contribution >= 4 is 11.8 Å². The maximum absolute atomic E-state index is 12.1. The molecule has 5 heteroatoms. The van der Waals surface area contributed by atoms with E-state index in [0.29, 0.717) is 13.0 Å². The number of nitrogens with one attached hydrogen (secondary N) is 1. The van der Waals surface area contributed by atoms with E-state index in [4.69, 9.17) is 4.74 Å². The second kappa shape index (κ2) is 6.01. The van der Waals surface area contributed by atoms with Crippen LogP contribution in [0.3, 0.4) is 0 Å². The highest BCUT2D eigenvalue weighted by molar-refractivity contribution is 6.05. The van der Waals surface area contributed by atoms with Crippen LogP contribution in [0.25, 0.3) is 0 Å². The third-order valence-electron chi connectivity index (χ3n) is 4.17. The number of rotatable bonds is 5. The highest BCUT2D eigenvalue weighted by Crippen LogP contribution is 2.29. The molecule has 2 saturated heterocycles. The van der Waals surface area contributed by atoms with E-state index in [2.05, 4.69) is 12.2 Å². The average Bonchev–Trinajstić information content (AvgIpc) is 2.66. The molecule has 108 valence electrons. The van der Waals surface area contributed by atoms with E-state index >= 15 is 0 Å². The molecule has 0 aliphatic carbocycles. The summed E-state index contributed by atoms with van der Waals surface area (Å²) in [6.45, 7) is 7.09. The van der Waals surface area contributed by atoms with E-state index in [1.54, 1.807) is 0 Å². The minimum absolute atomic E-state index is 0.0403. The predicted octanol–water partition coefficient (Wildman–Crippen LogP) is 0.930. The Hall–Kier alpha value is -0.940. The summed E-state index contributed by atoms with van der Waals surface area (Å²) in [5.74, 6) is -0.0935. The van der Waals surface area contributed by atoms with Crippen molar-refractivity contribution in [1.82, 2.24) is 10.2 Å². The molecule has 2 aliphatic heterocycles. The van der Waals surface area contributed by atoms with Crippen molar-refractivity contribution < 1.29 is 14.3 Å². The summed E-state index contributed by atoms with van der Waals surface area (Å²) in [4.78, 5) is 25.3. The average molecular weight is 268 g/mol. The van der Waals surface area contributed by atoms with Gasteiger partial charge in [0.25, 0.3) is 0 Å². The quantitative estimate of drug-likeness (QED) is 0.754. The van der Waals surface area contributed by atoms with Crippen LogP contribution in [0, 0.1) is 5.41 Å². The molecular weight excluding hydrogens is 244 g/mol. The fourth-order valence-electron chi connectivity index (χ4n) is 2.71. The summed E-state index contributed by atoms with van der Waals surface area (Å²) in [5, 5.41) is 3.29. The third kappa shape index (κ3) is 3.34. The first kappa shape index (κ1) is 14.5. The summed E-state index contributed by atoms with van der Waals surface area (Å²) in [5.41, 5.74) is 0.180. The summed E-state index contributed by atoms with van der Waals surface area (Å²) in [6, 6.07) is -0.321. The SMILES string of the molecule is CCCN1C(=O)CC(NCC2(C)CCOCC2)C1=O. The van der Waals surface area contributed by atoms with Crippen LogP contribution in [0.4, 0.5) is 0 Å². The maximum Gasteiger partial charge on any atom is 0.246 e. The Morgan fingerprint density at radius 3 is 2.68 bits per heavy atom. The highest BCUT2D eigenvalue weighted by atomic mass is 16.5. The van der Waals surface area contributed by atoms with Crippen LogP contribution in [0.1, 0.15) is 39.5 Å². The third-order valence-corrected chi connectivity index (χ3v) is 4.17. The first-order valence-corrected chi connectivity index (χ1v) is 7.21. The van der Waals surface area contributed by atoms with Gasteiger partial charge in [-0.25, -0.2) is 0 Å². The summed E-state index contributed by atoms with van der Waals surface area (Å²) in [6.07, 6.45) is 3.14. The van der Waals surface area contributed by atoms with Gasteiger partial charge in [-0.05, 0) is 24.7 Å². The van der Waals surface area contributed by atoms with Gasteiger partial charge in [0, 0.05) is 26.3 Å². The molecule has 2 rings (SSSR count). The van der Waals surface area contributed by atoms with Crippen LogP contribution in [-0.2, 0) is 14.3 Å². The van der Waals surface area contributed by atoms with E-state index in [0.717, 1.165) is 39.0 Å². The number of carbonyl (C=O) groups excluding carboxylic acids is 2. The molecule has 2 heterocycles. The topological polar surface area (TPSA) is 58.6 Å². The van der Waals surface area contributed by atoms with Crippen molar-refractivity contribution in [2.45, 2.75) is 45.6 Å². The van der Waals surface area contributed by atoms with Crippen molar-refractivity contribution in [1.29, 1.82) is 0 Å². The Labute approximate surface area is 114 Å². The van der Waals surface area contributed by atoms with E-state index in [9.17, 15) is 9.59 Å². The molecule has 0 spiro atoms. The fourth-order valence-corrected chi connectivity index (χ4v) is 2.71. The number of hydrogen-bond donors (Lipinski definition) is 1. The van der Waals surface area contributed by atoms with Gasteiger partial charge in [-0.15, -0.1) is 0 Å². The molecule has 0 radical (unpaired) electrons. The summed E-state index contributed by atoms with van der Waals surface area (Å²) in [7, 11) is 0. The van der Waals surface area contributed by atoms with Crippen LogP contribution in [-0.4, -0.2) is 49.1 Å². The van der Waals surface area contributed by atoms with Gasteiger partial charge >= 0.3 is 0 Å². The lowest BCUT2D eigenvalue weighted by Gasteiger charge is -2.34. The van der Waals surface area contributed by atoms with Gasteiger partial charge in [0.1, 0.15) is 0 Å². The lowest BCUT2D eigenvalue weighted by Crippen LogP contribution is -2.45. The van der Waals surface area contributed by atoms with Gasteiger partial charge in [0.15, 0.2) is 0 Å². The van der Waals surface area contributed by atoms with Gasteiger partial charge < -0.3 is 10.1 Å². The minimum atomic E-state index is -0.321. The molecule has 1 atom stereocenters. The number of imide groups is 1. The van der Waals surface area contributed by atoms with Crippen molar-refractivity contribution in [3.63, 3.8) is 0 Å². The van der Waals surface area contributed by atoms with Gasteiger partial charge in [0.2, 0.25) is 11.8 Å². The van der Waals surface area contributed by atoms with E-state index in [-0.39, 0.29) is 23.3 Å². The highest BCUT2D eigenvalue weighted by Gasteiger charge is 2.39. The molecule has 1 N–H and O–H groups in total. The summed E-state index contributed by atoms with van der Waals surface area (Å²) >= 11 is 0. The number of ether oxygens (including phenoxy) is 1. The molecule has 0 aromatic carbocycles. The molecular formula is C14H24N2O3. The zero-order valence-corrected chi connectivity index (χ0v) is 11.9. The molecule has 2 aliphatic rings. The van der Waals surface area contributed by atoms with Crippen LogP contribution < -0.4 is 5.32 Å². The molecule has 0 aromatic rings. The Balaban J connectivity index is 1.86. The molecule has 2 fully saturated rings. The number of amides is 2. The molecule has 0 saturated carbocycles. The molecule has 19 heavy (non-hydrogen) atoms. The zero-order chi connectivity index (χ0) is 13.9. The monoisotopic (exact) mass is 268 g/mol. The smallest absolute Gasteiger partial charge is 0.246 e. The first-order chi connectivity index (χ1) is 9.06. The standard InChI is InChI=1S/C14H24N2O3/c1-3-6-16-12(17)9-11(13(16)18)15-10-14(2)4-7-19-8-5-14/h11,15H,3-10H2,1-2H3. The van der Waals surface area contributed by atoms with Crippen LogP contribution in [0.2, 0.25) is 0 Å². The van der Waals surface area contributed by atoms with Gasteiger partial charge in [-0.3, -0.25) is 14.5 Å². The maximum atomic E-state index is 12.1. The summed E-state index contributed by atoms with van der Waals surface area (Å²) < 4.78 is 5.37. The lowest BCUT2D eigenvalue weighted by molar-refractivity contribution is -0.138. The van der Waals surface area contributed by atoms with Gasteiger partial charge in [0.05, 0.1) is 12.5 Å². The van der Waals surface area contributed by atoms with E-state index in [1.165, 1.54) is 4.90 Å². The lowest BCUT2D eigenvalue weighted by atomic mass is 9.82. The van der Waals surface area contributed by atoms with Crippen LogP contribution in [0.5, 0.6) is 0 Å². The Morgan fingerprint density at radius 2 is 2.05 bits per heavy atom. The van der Waals surface area contributed by atoms with Crippen molar-refractivity contribution in [3.8, 4) is 0 Å². The van der Waals surface area contributed by atoms with Gasteiger partial charge in [-0.2, -0.15) is 0 Å². The van der Waals surface area contributed by atoms with E-state index < -0.39 is 0 Å². The van der Waals surface area contributed by atoms with Crippen molar-refractivity contribution in [3.05, 3.63) is 0 Å². The Bertz CT molecular complexity index is 351.